The van der Waals surface area contributed by atoms with E-state index in [1.54, 1.807) is 25.4 Å². The monoisotopic (exact) mass is 575 g/mol. The third kappa shape index (κ3) is 4.96. The fourth-order valence-electron chi connectivity index (χ4n) is 7.64. The Morgan fingerprint density at radius 1 is 1.17 bits per heavy atom. The molecule has 1 spiro atoms. The van der Waals surface area contributed by atoms with Gasteiger partial charge in [-0.3, -0.25) is 4.79 Å². The first-order valence-corrected chi connectivity index (χ1v) is 14.1. The van der Waals surface area contributed by atoms with E-state index in [-0.39, 0.29) is 25.7 Å². The summed E-state index contributed by atoms with van der Waals surface area (Å²) >= 11 is 0. The molecule has 1 aromatic heterocycles. The van der Waals surface area contributed by atoms with Crippen molar-refractivity contribution in [1.29, 1.82) is 0 Å². The van der Waals surface area contributed by atoms with Gasteiger partial charge in [0.1, 0.15) is 35.7 Å². The number of hydrogen-bond donors (Lipinski definition) is 3. The molecule has 0 unspecified atom stereocenters. The number of aliphatic hydroxyl groups is 2. The molecule has 11 heteroatoms. The number of aromatic amines is 1. The molecule has 11 nitrogen and oxygen atoms in total. The summed E-state index contributed by atoms with van der Waals surface area (Å²) in [7, 11) is 4.53. The number of nitrogens with one attached hydrogen (secondary N) is 1. The van der Waals surface area contributed by atoms with E-state index in [1.165, 1.54) is 14.2 Å². The van der Waals surface area contributed by atoms with E-state index in [1.807, 2.05) is 32.1 Å². The Balaban J connectivity index is 1.61. The highest BCUT2D eigenvalue weighted by Crippen LogP contribution is 2.62. The molecule has 0 radical (unpaired) electrons. The molecular weight excluding hydrogens is 534 g/mol. The first-order chi connectivity index (χ1) is 19.7. The van der Waals surface area contributed by atoms with Crippen LogP contribution in [0.25, 0.3) is 0 Å². The molecule has 0 aromatic carbocycles. The van der Waals surface area contributed by atoms with Gasteiger partial charge in [0, 0.05) is 57.1 Å². The van der Waals surface area contributed by atoms with Gasteiger partial charge in [-0.25, -0.2) is 4.79 Å². The molecular formula is C30H41NO10. The second-order valence-corrected chi connectivity index (χ2v) is 11.6. The minimum atomic E-state index is -1.12. The number of H-pyrrole nitrogens is 1. The number of carbonyl (C=O) groups is 2. The number of ether oxygens (including phenoxy) is 6. The Labute approximate surface area is 239 Å². The van der Waals surface area contributed by atoms with Gasteiger partial charge in [-0.15, -0.1) is 0 Å². The molecule has 0 amide bonds. The molecule has 226 valence electrons. The summed E-state index contributed by atoms with van der Waals surface area (Å²) in [5.74, 6) is -4.16. The third-order valence-corrected chi connectivity index (χ3v) is 9.33. The fraction of sp³-hybridized carbons (Fsp3) is 0.667. The normalized spacial score (nSPS) is 41.7. The van der Waals surface area contributed by atoms with Gasteiger partial charge in [0.05, 0.1) is 31.8 Å². The highest BCUT2D eigenvalue weighted by molar-refractivity contribution is 5.87. The largest absolute Gasteiger partial charge is 0.459 e. The quantitative estimate of drug-likeness (QED) is 0.293. The molecule has 2 fully saturated rings. The van der Waals surface area contributed by atoms with Crippen LogP contribution in [-0.2, 0) is 33.2 Å². The third-order valence-electron chi connectivity index (χ3n) is 9.33. The predicted molar refractivity (Wildman–Crippen MR) is 145 cm³/mol. The van der Waals surface area contributed by atoms with Crippen molar-refractivity contribution >= 4 is 11.9 Å². The van der Waals surface area contributed by atoms with Crippen LogP contribution >= 0.6 is 0 Å². The standard InChI is InChI=1S/C30H41NO10/c1-15-11-16(2)30-20(18(12-36-3)28(34)39-25(15)22(32)14-38-5)9-8-17-23(30)24(33)19(13-37-4)26(27(17)41-30)40-29(35)21-7-6-10-31-21/h6-11,15,17-20,22-27,31-33H,12-14H2,1-5H3/b16-11+/t15-,17-,18-,19-,20-,22-,23+,24-,25+,26-,27-,30+/m1/s1. The smallest absolute Gasteiger partial charge is 0.355 e. The molecule has 12 atom stereocenters. The number of methoxy groups -OCH3 is 3. The summed E-state index contributed by atoms with van der Waals surface area (Å²) in [6.07, 6.45) is 3.19. The van der Waals surface area contributed by atoms with E-state index in [9.17, 15) is 19.8 Å². The highest BCUT2D eigenvalue weighted by atomic mass is 16.6. The van der Waals surface area contributed by atoms with Gasteiger partial charge in [0.2, 0.25) is 0 Å². The summed E-state index contributed by atoms with van der Waals surface area (Å²) in [6, 6.07) is 3.33. The van der Waals surface area contributed by atoms with Crippen LogP contribution < -0.4 is 0 Å². The van der Waals surface area contributed by atoms with Crippen molar-refractivity contribution in [2.24, 2.45) is 35.5 Å². The van der Waals surface area contributed by atoms with Gasteiger partial charge < -0.3 is 43.6 Å². The number of aromatic nitrogens is 1. The van der Waals surface area contributed by atoms with Gasteiger partial charge >= 0.3 is 11.9 Å². The maximum atomic E-state index is 13.8. The average Bonchev–Trinajstić information content (AvgIpc) is 3.54. The minimum Gasteiger partial charge on any atom is -0.459 e. The number of hydrogen-bond acceptors (Lipinski definition) is 10. The fourth-order valence-corrected chi connectivity index (χ4v) is 7.64. The first kappa shape index (κ1) is 29.9. The summed E-state index contributed by atoms with van der Waals surface area (Å²) in [5, 5.41) is 22.9. The number of rotatable bonds is 9. The van der Waals surface area contributed by atoms with Crippen molar-refractivity contribution in [3.63, 3.8) is 0 Å². The molecule has 4 aliphatic rings. The van der Waals surface area contributed by atoms with E-state index in [0.29, 0.717) is 5.69 Å². The van der Waals surface area contributed by atoms with Crippen LogP contribution in [-0.4, -0.2) is 104 Å². The maximum Gasteiger partial charge on any atom is 0.355 e. The molecule has 1 aromatic rings. The van der Waals surface area contributed by atoms with Crippen LogP contribution in [0.15, 0.2) is 42.1 Å². The van der Waals surface area contributed by atoms with Crippen LogP contribution in [0, 0.1) is 35.5 Å². The number of carbonyl (C=O) groups excluding carboxylic acids is 2. The van der Waals surface area contributed by atoms with Crippen LogP contribution in [0.4, 0.5) is 0 Å². The van der Waals surface area contributed by atoms with Crippen molar-refractivity contribution in [3.8, 4) is 0 Å². The minimum absolute atomic E-state index is 0.00681. The van der Waals surface area contributed by atoms with Crippen molar-refractivity contribution in [1.82, 2.24) is 4.98 Å². The lowest BCUT2D eigenvalue weighted by Crippen LogP contribution is -2.59. The van der Waals surface area contributed by atoms with Crippen molar-refractivity contribution in [2.45, 2.75) is 50.0 Å². The Morgan fingerprint density at radius 3 is 2.59 bits per heavy atom. The second kappa shape index (κ2) is 12.0. The molecule has 2 aliphatic carbocycles. The van der Waals surface area contributed by atoms with Crippen molar-refractivity contribution < 1.29 is 48.2 Å². The predicted octanol–water partition coefficient (Wildman–Crippen LogP) is 1.51. The van der Waals surface area contributed by atoms with E-state index >= 15 is 0 Å². The molecule has 41 heavy (non-hydrogen) atoms. The van der Waals surface area contributed by atoms with Crippen LogP contribution in [0.2, 0.25) is 0 Å². The molecule has 3 N–H and O–H groups in total. The van der Waals surface area contributed by atoms with Gasteiger partial charge in [-0.1, -0.05) is 25.2 Å². The molecule has 4 bridgehead atoms. The second-order valence-electron chi connectivity index (χ2n) is 11.6. The SMILES string of the molecule is COC[C@@H]1[C@@H](O)[C@@H]2[C@H]3C=C[C@@H]4[C@@H](COC)C(=O)O[C@H]([C@H](O)COC)[C@H](C)/C=C(\C)[C@@]24O[C@H]3[C@@H]1OC(=O)c1ccc[nH]1. The van der Waals surface area contributed by atoms with E-state index in [0.717, 1.165) is 5.57 Å². The van der Waals surface area contributed by atoms with Crippen LogP contribution in [0.3, 0.4) is 0 Å². The summed E-state index contributed by atoms with van der Waals surface area (Å²) < 4.78 is 35.2. The lowest BCUT2D eigenvalue weighted by Gasteiger charge is -2.49. The topological polar surface area (TPSA) is 146 Å². The zero-order chi connectivity index (χ0) is 29.5. The Morgan fingerprint density at radius 2 is 1.93 bits per heavy atom. The van der Waals surface area contributed by atoms with Crippen molar-refractivity contribution in [3.05, 3.63) is 47.8 Å². The Hall–Kier alpha value is -2.54. The van der Waals surface area contributed by atoms with Gasteiger partial charge in [0.15, 0.2) is 0 Å². The van der Waals surface area contributed by atoms with E-state index in [2.05, 4.69) is 4.98 Å². The number of cyclic esters (lactones) is 1. The average molecular weight is 576 g/mol. The van der Waals surface area contributed by atoms with Crippen LogP contribution in [0.1, 0.15) is 24.3 Å². The van der Waals surface area contributed by atoms with E-state index < -0.39 is 77.6 Å². The van der Waals surface area contributed by atoms with Gasteiger partial charge in [-0.2, -0.15) is 0 Å². The van der Waals surface area contributed by atoms with Gasteiger partial charge in [0.25, 0.3) is 0 Å². The maximum absolute atomic E-state index is 13.8. The molecule has 5 rings (SSSR count). The lowest BCUT2D eigenvalue weighted by atomic mass is 9.56. The van der Waals surface area contributed by atoms with Gasteiger partial charge in [-0.05, 0) is 24.6 Å². The Bertz CT molecular complexity index is 1150. The first-order valence-electron chi connectivity index (χ1n) is 14.1. The summed E-state index contributed by atoms with van der Waals surface area (Å²) in [4.78, 5) is 29.7. The van der Waals surface area contributed by atoms with E-state index in [4.69, 9.17) is 28.4 Å². The number of aliphatic hydroxyl groups excluding tert-OH is 2. The van der Waals surface area contributed by atoms with Crippen molar-refractivity contribution in [2.75, 3.05) is 41.2 Å². The highest BCUT2D eigenvalue weighted by Gasteiger charge is 2.71. The van der Waals surface area contributed by atoms with Crippen LogP contribution in [0.5, 0.6) is 0 Å². The summed E-state index contributed by atoms with van der Waals surface area (Å²) in [6.45, 7) is 3.97. The molecule has 3 heterocycles. The molecule has 2 aliphatic heterocycles. The molecule has 1 saturated carbocycles. The Kier molecular flexibility index (Phi) is 8.75. The lowest BCUT2D eigenvalue weighted by molar-refractivity contribution is -0.173. The zero-order valence-corrected chi connectivity index (χ0v) is 24.1. The summed E-state index contributed by atoms with van der Waals surface area (Å²) in [5.41, 5.74) is -0.0284. The number of esters is 2. The zero-order valence-electron chi connectivity index (χ0n) is 24.1. The molecule has 1 saturated heterocycles.